The second kappa shape index (κ2) is 7.88. The molecule has 0 aliphatic carbocycles. The lowest BCUT2D eigenvalue weighted by Gasteiger charge is -2.11. The molecule has 28 heavy (non-hydrogen) atoms. The molecule has 0 fully saturated rings. The van der Waals surface area contributed by atoms with E-state index in [0.717, 1.165) is 27.3 Å². The summed E-state index contributed by atoms with van der Waals surface area (Å²) in [4.78, 5) is 17.0. The molecule has 6 heteroatoms. The second-order valence-corrected chi connectivity index (χ2v) is 7.73. The van der Waals surface area contributed by atoms with Gasteiger partial charge in [-0.25, -0.2) is 4.98 Å². The topological polar surface area (TPSA) is 54.0 Å². The number of hydrogen-bond donors (Lipinski definition) is 2. The van der Waals surface area contributed by atoms with Crippen molar-refractivity contribution >= 4 is 50.5 Å². The monoisotopic (exact) mass is 403 g/mol. The molecule has 3 aromatic carbocycles. The summed E-state index contributed by atoms with van der Waals surface area (Å²) < 4.78 is 1.17. The van der Waals surface area contributed by atoms with Gasteiger partial charge in [0.25, 0.3) is 5.91 Å². The number of carbonyl (C=O) groups is 1. The van der Waals surface area contributed by atoms with Crippen LogP contribution in [-0.2, 0) is 0 Å². The first-order valence-corrected chi connectivity index (χ1v) is 9.96. The highest BCUT2D eigenvalue weighted by Crippen LogP contribution is 2.30. The molecule has 0 aliphatic rings. The summed E-state index contributed by atoms with van der Waals surface area (Å²) in [6, 6.07) is 23.3. The van der Waals surface area contributed by atoms with Crippen molar-refractivity contribution in [3.8, 4) is 10.6 Å². The minimum Gasteiger partial charge on any atom is -0.332 e. The van der Waals surface area contributed by atoms with Crippen LogP contribution in [-0.4, -0.2) is 16.0 Å². The van der Waals surface area contributed by atoms with Crippen molar-refractivity contribution in [1.29, 1.82) is 0 Å². The van der Waals surface area contributed by atoms with E-state index in [1.807, 2.05) is 67.6 Å². The van der Waals surface area contributed by atoms with Gasteiger partial charge < -0.3 is 5.32 Å². The van der Waals surface area contributed by atoms with E-state index in [1.54, 1.807) is 17.4 Å². The van der Waals surface area contributed by atoms with Crippen LogP contribution in [0.4, 0.5) is 5.69 Å². The molecular formula is C22H17N3OS2. The van der Waals surface area contributed by atoms with Gasteiger partial charge in [-0.15, -0.1) is 11.3 Å². The summed E-state index contributed by atoms with van der Waals surface area (Å²) in [5.41, 5.74) is 4.37. The Morgan fingerprint density at radius 3 is 2.43 bits per heavy atom. The Morgan fingerprint density at radius 1 is 0.964 bits per heavy atom. The third-order valence-corrected chi connectivity index (χ3v) is 5.59. The lowest BCUT2D eigenvalue weighted by Crippen LogP contribution is -2.34. The van der Waals surface area contributed by atoms with Crippen LogP contribution in [0, 0.1) is 6.92 Å². The van der Waals surface area contributed by atoms with Crippen LogP contribution in [0.15, 0.2) is 72.8 Å². The first-order chi connectivity index (χ1) is 13.6. The van der Waals surface area contributed by atoms with Crippen molar-refractivity contribution < 1.29 is 4.79 Å². The maximum atomic E-state index is 12.3. The Kier molecular flexibility index (Phi) is 5.14. The smallest absolute Gasteiger partial charge is 0.257 e. The number of aromatic nitrogens is 1. The molecule has 0 atom stereocenters. The Hall–Kier alpha value is -3.09. The molecule has 1 amide bonds. The van der Waals surface area contributed by atoms with E-state index in [0.29, 0.717) is 5.56 Å². The third kappa shape index (κ3) is 3.93. The predicted octanol–water partition coefficient (Wildman–Crippen LogP) is 5.40. The number of nitrogens with zero attached hydrogens (tertiary/aromatic N) is 1. The zero-order valence-corrected chi connectivity index (χ0v) is 16.7. The van der Waals surface area contributed by atoms with E-state index in [2.05, 4.69) is 21.7 Å². The van der Waals surface area contributed by atoms with Gasteiger partial charge in [0.2, 0.25) is 0 Å². The number of anilines is 1. The van der Waals surface area contributed by atoms with Gasteiger partial charge in [0.15, 0.2) is 5.11 Å². The molecule has 2 N–H and O–H groups in total. The molecule has 1 aromatic heterocycles. The molecule has 4 aromatic rings. The molecule has 1 heterocycles. The van der Waals surface area contributed by atoms with Crippen molar-refractivity contribution in [2.45, 2.75) is 6.92 Å². The van der Waals surface area contributed by atoms with Crippen LogP contribution in [0.25, 0.3) is 20.8 Å². The molecule has 4 rings (SSSR count). The largest absolute Gasteiger partial charge is 0.332 e. The summed E-state index contributed by atoms with van der Waals surface area (Å²) in [6.07, 6.45) is 0. The molecule has 0 bridgehead atoms. The van der Waals surface area contributed by atoms with Gasteiger partial charge in [-0.05, 0) is 67.2 Å². The van der Waals surface area contributed by atoms with Crippen molar-refractivity contribution in [2.24, 2.45) is 0 Å². The van der Waals surface area contributed by atoms with Crippen molar-refractivity contribution in [3.05, 3.63) is 83.9 Å². The van der Waals surface area contributed by atoms with Gasteiger partial charge in [0.1, 0.15) is 5.01 Å². The number of benzene rings is 3. The van der Waals surface area contributed by atoms with Gasteiger partial charge >= 0.3 is 0 Å². The van der Waals surface area contributed by atoms with Crippen LogP contribution in [0.5, 0.6) is 0 Å². The number of amides is 1. The molecule has 138 valence electrons. The molecule has 0 saturated heterocycles. The van der Waals surface area contributed by atoms with Crippen LogP contribution >= 0.6 is 23.6 Å². The number of aryl methyl sites for hydroxylation is 1. The Balaban J connectivity index is 1.43. The summed E-state index contributed by atoms with van der Waals surface area (Å²) >= 11 is 6.94. The zero-order chi connectivity index (χ0) is 19.5. The number of thiazole rings is 1. The molecule has 0 unspecified atom stereocenters. The quantitative estimate of drug-likeness (QED) is 0.450. The van der Waals surface area contributed by atoms with Gasteiger partial charge in [-0.3, -0.25) is 10.1 Å². The SMILES string of the molecule is Cc1ccccc1C(=O)NC(=S)Nc1ccc(-c2nc3ccccc3s2)cc1. The summed E-state index contributed by atoms with van der Waals surface area (Å²) in [6.45, 7) is 1.89. The fraction of sp³-hybridized carbons (Fsp3) is 0.0455. The Labute approximate surface area is 172 Å². The van der Waals surface area contributed by atoms with Gasteiger partial charge in [0.05, 0.1) is 10.2 Å². The van der Waals surface area contributed by atoms with Crippen molar-refractivity contribution in [1.82, 2.24) is 10.3 Å². The minimum atomic E-state index is -0.221. The van der Waals surface area contributed by atoms with Crippen LogP contribution < -0.4 is 10.6 Å². The molecule has 0 spiro atoms. The minimum absolute atomic E-state index is 0.221. The molecule has 0 radical (unpaired) electrons. The highest BCUT2D eigenvalue weighted by molar-refractivity contribution is 7.80. The highest BCUT2D eigenvalue weighted by Gasteiger charge is 2.10. The molecule has 4 nitrogen and oxygen atoms in total. The molecular weight excluding hydrogens is 386 g/mol. The van der Waals surface area contributed by atoms with Gasteiger partial charge in [-0.2, -0.15) is 0 Å². The Bertz CT molecular complexity index is 1130. The fourth-order valence-corrected chi connectivity index (χ4v) is 4.03. The second-order valence-electron chi connectivity index (χ2n) is 6.29. The highest BCUT2D eigenvalue weighted by atomic mass is 32.1. The maximum absolute atomic E-state index is 12.3. The van der Waals surface area contributed by atoms with Gasteiger partial charge in [0, 0.05) is 16.8 Å². The number of thiocarbonyl (C=S) groups is 1. The van der Waals surface area contributed by atoms with Crippen molar-refractivity contribution in [3.63, 3.8) is 0 Å². The number of fused-ring (bicyclic) bond motifs is 1. The number of hydrogen-bond acceptors (Lipinski definition) is 4. The van der Waals surface area contributed by atoms with Crippen LogP contribution in [0.3, 0.4) is 0 Å². The number of rotatable bonds is 3. The van der Waals surface area contributed by atoms with Crippen LogP contribution in [0.2, 0.25) is 0 Å². The summed E-state index contributed by atoms with van der Waals surface area (Å²) in [5, 5.41) is 7.01. The standard InChI is InChI=1S/C22H17N3OS2/c1-14-6-2-3-7-17(14)20(26)25-22(27)23-16-12-10-15(11-13-16)21-24-18-8-4-5-9-19(18)28-21/h2-13H,1H3,(H2,23,25,26,27). The number of para-hydroxylation sites is 1. The van der Waals surface area contributed by atoms with E-state index in [4.69, 9.17) is 12.2 Å². The first kappa shape index (κ1) is 18.3. The maximum Gasteiger partial charge on any atom is 0.257 e. The van der Waals surface area contributed by atoms with Gasteiger partial charge in [-0.1, -0.05) is 30.3 Å². The van der Waals surface area contributed by atoms with E-state index < -0.39 is 0 Å². The van der Waals surface area contributed by atoms with Crippen molar-refractivity contribution in [2.75, 3.05) is 5.32 Å². The zero-order valence-electron chi connectivity index (χ0n) is 15.1. The fourth-order valence-electron chi connectivity index (χ4n) is 2.85. The third-order valence-electron chi connectivity index (χ3n) is 4.30. The van der Waals surface area contributed by atoms with Crippen LogP contribution in [0.1, 0.15) is 15.9 Å². The average Bonchev–Trinajstić information content (AvgIpc) is 3.13. The summed E-state index contributed by atoms with van der Waals surface area (Å²) in [7, 11) is 0. The van der Waals surface area contributed by atoms with E-state index in [9.17, 15) is 4.79 Å². The number of nitrogens with one attached hydrogen (secondary N) is 2. The normalized spacial score (nSPS) is 10.6. The van der Waals surface area contributed by atoms with E-state index >= 15 is 0 Å². The summed E-state index contributed by atoms with van der Waals surface area (Å²) in [5.74, 6) is -0.221. The lowest BCUT2D eigenvalue weighted by atomic mass is 10.1. The molecule has 0 aliphatic heterocycles. The first-order valence-electron chi connectivity index (χ1n) is 8.74. The predicted molar refractivity (Wildman–Crippen MR) is 120 cm³/mol. The Morgan fingerprint density at radius 2 is 1.68 bits per heavy atom. The lowest BCUT2D eigenvalue weighted by molar-refractivity contribution is 0.0977. The van der Waals surface area contributed by atoms with E-state index in [1.165, 1.54) is 4.70 Å². The van der Waals surface area contributed by atoms with E-state index in [-0.39, 0.29) is 11.0 Å². The molecule has 0 saturated carbocycles. The number of carbonyl (C=O) groups excluding carboxylic acids is 1. The average molecular weight is 404 g/mol.